The van der Waals surface area contributed by atoms with Gasteiger partial charge in [0.1, 0.15) is 5.82 Å². The first-order valence-electron chi connectivity index (χ1n) is 6.26. The molecule has 0 saturated carbocycles. The summed E-state index contributed by atoms with van der Waals surface area (Å²) >= 11 is 0. The van der Waals surface area contributed by atoms with Crippen LogP contribution in [0.15, 0.2) is 18.3 Å². The Morgan fingerprint density at radius 3 is 2.50 bits per heavy atom. The molecule has 4 nitrogen and oxygen atoms in total. The van der Waals surface area contributed by atoms with Crippen molar-refractivity contribution in [1.29, 1.82) is 0 Å². The Labute approximate surface area is 110 Å². The van der Waals surface area contributed by atoms with Crippen molar-refractivity contribution in [3.8, 4) is 0 Å². The number of hydrogen-bond acceptors (Lipinski definition) is 4. The maximum atomic E-state index is 5.93. The van der Waals surface area contributed by atoms with Crippen molar-refractivity contribution in [2.24, 2.45) is 5.73 Å². The van der Waals surface area contributed by atoms with Gasteiger partial charge in [-0.05, 0) is 17.0 Å². The van der Waals surface area contributed by atoms with Crippen LogP contribution in [0, 0.1) is 0 Å². The lowest BCUT2D eigenvalue weighted by atomic mass is 9.88. The first-order valence-corrected chi connectivity index (χ1v) is 6.26. The number of methoxy groups -OCH3 is 1. The van der Waals surface area contributed by atoms with Crippen molar-refractivity contribution < 1.29 is 4.74 Å². The molecule has 0 saturated heterocycles. The second-order valence-electron chi connectivity index (χ2n) is 5.75. The molecule has 2 N–H and O–H groups in total. The van der Waals surface area contributed by atoms with Crippen LogP contribution < -0.4 is 10.6 Å². The fourth-order valence-corrected chi connectivity index (χ4v) is 1.77. The highest BCUT2D eigenvalue weighted by molar-refractivity contribution is 5.39. The molecule has 102 valence electrons. The van der Waals surface area contributed by atoms with Gasteiger partial charge in [0.2, 0.25) is 0 Å². The fraction of sp³-hybridized carbons (Fsp3) is 0.643. The topological polar surface area (TPSA) is 51.4 Å². The SMILES string of the molecule is COCC(N)CN(C)c1ccc(C(C)(C)C)cn1. The Bertz CT molecular complexity index is 356. The van der Waals surface area contributed by atoms with Gasteiger partial charge < -0.3 is 15.4 Å². The number of pyridine rings is 1. The third-order valence-corrected chi connectivity index (χ3v) is 2.89. The molecule has 1 heterocycles. The molecule has 0 aliphatic carbocycles. The van der Waals surface area contributed by atoms with Crippen molar-refractivity contribution in [2.45, 2.75) is 32.2 Å². The minimum atomic E-state index is 0.00379. The summed E-state index contributed by atoms with van der Waals surface area (Å²) in [4.78, 5) is 6.54. The quantitative estimate of drug-likeness (QED) is 0.867. The number of aromatic nitrogens is 1. The van der Waals surface area contributed by atoms with Crippen LogP contribution in [0.4, 0.5) is 5.82 Å². The zero-order chi connectivity index (χ0) is 13.8. The van der Waals surface area contributed by atoms with E-state index in [-0.39, 0.29) is 11.5 Å². The lowest BCUT2D eigenvalue weighted by Crippen LogP contribution is -2.38. The third-order valence-electron chi connectivity index (χ3n) is 2.89. The van der Waals surface area contributed by atoms with Crippen LogP contribution >= 0.6 is 0 Å². The molecule has 1 aromatic rings. The van der Waals surface area contributed by atoms with Gasteiger partial charge >= 0.3 is 0 Å². The minimum absolute atomic E-state index is 0.00379. The number of hydrogen-bond donors (Lipinski definition) is 1. The van der Waals surface area contributed by atoms with Gasteiger partial charge in [-0.2, -0.15) is 0 Å². The van der Waals surface area contributed by atoms with Crippen molar-refractivity contribution in [2.75, 3.05) is 32.2 Å². The van der Waals surface area contributed by atoms with Crippen molar-refractivity contribution in [3.05, 3.63) is 23.9 Å². The maximum Gasteiger partial charge on any atom is 0.128 e. The van der Waals surface area contributed by atoms with Gasteiger partial charge in [-0.1, -0.05) is 26.8 Å². The predicted octanol–water partition coefficient (Wildman–Crippen LogP) is 1.79. The average molecular weight is 251 g/mol. The summed E-state index contributed by atoms with van der Waals surface area (Å²) in [6.07, 6.45) is 1.94. The molecule has 0 radical (unpaired) electrons. The summed E-state index contributed by atoms with van der Waals surface area (Å²) in [5.74, 6) is 0.939. The molecule has 0 spiro atoms. The summed E-state index contributed by atoms with van der Waals surface area (Å²) in [6.45, 7) is 7.84. The zero-order valence-corrected chi connectivity index (χ0v) is 12.1. The van der Waals surface area contributed by atoms with Gasteiger partial charge in [0.15, 0.2) is 0 Å². The summed E-state index contributed by atoms with van der Waals surface area (Å²) in [5, 5.41) is 0. The van der Waals surface area contributed by atoms with Crippen LogP contribution in [-0.4, -0.2) is 38.3 Å². The first-order chi connectivity index (χ1) is 8.34. The molecular weight excluding hydrogens is 226 g/mol. The monoisotopic (exact) mass is 251 g/mol. The van der Waals surface area contributed by atoms with E-state index < -0.39 is 0 Å². The van der Waals surface area contributed by atoms with Gasteiger partial charge in [-0.15, -0.1) is 0 Å². The van der Waals surface area contributed by atoms with Gasteiger partial charge in [-0.3, -0.25) is 0 Å². The number of likely N-dealkylation sites (N-methyl/N-ethyl adjacent to an activating group) is 1. The normalized spacial score (nSPS) is 13.4. The molecule has 4 heteroatoms. The van der Waals surface area contributed by atoms with Gasteiger partial charge in [0.25, 0.3) is 0 Å². The molecule has 0 amide bonds. The first kappa shape index (κ1) is 14.9. The number of nitrogens with two attached hydrogens (primary N) is 1. The lowest BCUT2D eigenvalue weighted by Gasteiger charge is -2.23. The molecule has 0 aliphatic rings. The molecule has 0 fully saturated rings. The number of nitrogens with zero attached hydrogens (tertiary/aromatic N) is 2. The van der Waals surface area contributed by atoms with Gasteiger partial charge in [-0.25, -0.2) is 4.98 Å². The van der Waals surface area contributed by atoms with Crippen LogP contribution in [0.5, 0.6) is 0 Å². The third kappa shape index (κ3) is 4.27. The van der Waals surface area contributed by atoms with E-state index in [0.717, 1.165) is 12.4 Å². The summed E-state index contributed by atoms with van der Waals surface area (Å²) in [7, 11) is 3.66. The number of anilines is 1. The second-order valence-corrected chi connectivity index (χ2v) is 5.75. The van der Waals surface area contributed by atoms with Gasteiger partial charge in [0.05, 0.1) is 6.61 Å². The standard InChI is InChI=1S/C14H25N3O/c1-14(2,3)11-6-7-13(16-8-11)17(4)9-12(15)10-18-5/h6-8,12H,9-10,15H2,1-5H3. The van der Waals surface area contributed by atoms with Gasteiger partial charge in [0, 0.05) is 32.9 Å². The fourth-order valence-electron chi connectivity index (χ4n) is 1.77. The zero-order valence-electron chi connectivity index (χ0n) is 12.1. The van der Waals surface area contributed by atoms with E-state index in [1.807, 2.05) is 19.3 Å². The highest BCUT2D eigenvalue weighted by Crippen LogP contribution is 2.22. The number of ether oxygens (including phenoxy) is 1. The maximum absolute atomic E-state index is 5.93. The van der Waals surface area contributed by atoms with Crippen molar-refractivity contribution >= 4 is 5.82 Å². The smallest absolute Gasteiger partial charge is 0.128 e. The highest BCUT2D eigenvalue weighted by Gasteiger charge is 2.14. The largest absolute Gasteiger partial charge is 0.383 e. The Morgan fingerprint density at radius 2 is 2.06 bits per heavy atom. The van der Waals surface area contributed by atoms with E-state index >= 15 is 0 Å². The van der Waals surface area contributed by atoms with E-state index in [1.165, 1.54) is 5.56 Å². The Balaban J connectivity index is 2.67. The minimum Gasteiger partial charge on any atom is -0.383 e. The molecule has 1 atom stereocenters. The Hall–Kier alpha value is -1.13. The predicted molar refractivity (Wildman–Crippen MR) is 76.1 cm³/mol. The van der Waals surface area contributed by atoms with E-state index in [2.05, 4.69) is 36.7 Å². The average Bonchev–Trinajstić information content (AvgIpc) is 2.28. The second kappa shape index (κ2) is 6.16. The van der Waals surface area contributed by atoms with E-state index in [4.69, 9.17) is 10.5 Å². The van der Waals surface area contributed by atoms with Crippen LogP contribution in [-0.2, 0) is 10.2 Å². The Kier molecular flexibility index (Phi) is 5.11. The van der Waals surface area contributed by atoms with Crippen molar-refractivity contribution in [1.82, 2.24) is 4.98 Å². The summed E-state index contributed by atoms with van der Waals surface area (Å²) in [6, 6.07) is 4.17. The van der Waals surface area contributed by atoms with Crippen LogP contribution in [0.1, 0.15) is 26.3 Å². The molecule has 0 aliphatic heterocycles. The number of rotatable bonds is 5. The van der Waals surface area contributed by atoms with E-state index in [9.17, 15) is 0 Å². The molecule has 0 aromatic carbocycles. The molecule has 1 rings (SSSR count). The summed E-state index contributed by atoms with van der Waals surface area (Å²) in [5.41, 5.74) is 7.30. The Morgan fingerprint density at radius 1 is 1.39 bits per heavy atom. The van der Waals surface area contributed by atoms with Crippen LogP contribution in [0.3, 0.4) is 0 Å². The lowest BCUT2D eigenvalue weighted by molar-refractivity contribution is 0.181. The van der Waals surface area contributed by atoms with Crippen molar-refractivity contribution in [3.63, 3.8) is 0 Å². The molecule has 18 heavy (non-hydrogen) atoms. The van der Waals surface area contributed by atoms with Crippen LogP contribution in [0.2, 0.25) is 0 Å². The molecular formula is C14H25N3O. The van der Waals surface area contributed by atoms with Crippen LogP contribution in [0.25, 0.3) is 0 Å². The molecule has 1 aromatic heterocycles. The summed E-state index contributed by atoms with van der Waals surface area (Å²) < 4.78 is 5.03. The van der Waals surface area contributed by atoms with E-state index in [1.54, 1.807) is 7.11 Å². The molecule has 1 unspecified atom stereocenters. The molecule has 0 bridgehead atoms. The highest BCUT2D eigenvalue weighted by atomic mass is 16.5. The van der Waals surface area contributed by atoms with E-state index in [0.29, 0.717) is 6.61 Å².